The first-order valence-corrected chi connectivity index (χ1v) is 10.5. The minimum Gasteiger partial charge on any atom is -0.324 e. The molecule has 4 rings (SSSR count). The lowest BCUT2D eigenvalue weighted by molar-refractivity contribution is -0.123. The number of nitrogens with zero attached hydrogens (tertiary/aromatic N) is 3. The van der Waals surface area contributed by atoms with Crippen LogP contribution in [0.5, 0.6) is 0 Å². The van der Waals surface area contributed by atoms with Crippen molar-refractivity contribution in [2.45, 2.75) is 27.7 Å². The summed E-state index contributed by atoms with van der Waals surface area (Å²) in [5.41, 5.74) is 2.83. The lowest BCUT2D eigenvalue weighted by atomic mass is 9.96. The van der Waals surface area contributed by atoms with Crippen LogP contribution in [0.1, 0.15) is 26.5 Å². The molecule has 0 aliphatic heterocycles. The van der Waals surface area contributed by atoms with Gasteiger partial charge in [0.2, 0.25) is 11.3 Å². The Labute approximate surface area is 189 Å². The third kappa shape index (κ3) is 4.38. The van der Waals surface area contributed by atoms with Crippen LogP contribution < -0.4 is 10.7 Å². The van der Waals surface area contributed by atoms with Gasteiger partial charge < -0.3 is 10.3 Å². The molecule has 0 bridgehead atoms. The van der Waals surface area contributed by atoms with Gasteiger partial charge in [0.05, 0.1) is 11.4 Å². The first kappa shape index (κ1) is 21.6. The highest BCUT2D eigenvalue weighted by Crippen LogP contribution is 2.31. The molecule has 0 saturated carbocycles. The number of H-pyrrole nitrogens is 1. The number of aryl methyl sites for hydroxylation is 1. The number of aromatic nitrogens is 4. The predicted molar refractivity (Wildman–Crippen MR) is 127 cm³/mol. The molecule has 3 heterocycles. The first-order chi connectivity index (χ1) is 15.1. The van der Waals surface area contributed by atoms with E-state index < -0.39 is 5.41 Å². The van der Waals surface area contributed by atoms with Crippen LogP contribution in [-0.2, 0) is 4.79 Å². The van der Waals surface area contributed by atoms with Crippen molar-refractivity contribution < 1.29 is 4.79 Å². The van der Waals surface area contributed by atoms with E-state index in [2.05, 4.69) is 20.3 Å². The topological polar surface area (TPSA) is 101 Å². The fraction of sp³-hybridized carbons (Fsp3) is 0.208. The van der Waals surface area contributed by atoms with E-state index in [0.717, 1.165) is 11.3 Å². The van der Waals surface area contributed by atoms with Crippen molar-refractivity contribution in [3.8, 4) is 22.5 Å². The van der Waals surface area contributed by atoms with E-state index in [0.29, 0.717) is 22.1 Å². The van der Waals surface area contributed by atoms with Crippen LogP contribution in [0.25, 0.3) is 33.7 Å². The Hall–Kier alpha value is -3.58. The van der Waals surface area contributed by atoms with E-state index in [1.54, 1.807) is 26.8 Å². The number of carbonyl (C=O) groups excluding carboxylic acids is 1. The minimum absolute atomic E-state index is 0.166. The standard InChI is InChI=1S/C24H22ClN5O2/c1-13-10-15(11-17(25)26-13)20-19(14-8-6-5-7-9-14)30-22-21(29-20)16(31)12-18(27-22)28-23(32)24(2,3)4/h5-12H,1-4H3,(H2,27,28,30,31,32). The van der Waals surface area contributed by atoms with Crippen LogP contribution in [0, 0.1) is 12.3 Å². The second-order valence-corrected chi connectivity index (χ2v) is 8.94. The summed E-state index contributed by atoms with van der Waals surface area (Å²) in [6, 6.07) is 14.4. The molecule has 3 aromatic heterocycles. The summed E-state index contributed by atoms with van der Waals surface area (Å²) in [6.45, 7) is 7.22. The molecule has 1 aromatic carbocycles. The molecule has 0 saturated heterocycles. The van der Waals surface area contributed by atoms with Crippen LogP contribution in [0.3, 0.4) is 0 Å². The zero-order valence-electron chi connectivity index (χ0n) is 18.2. The van der Waals surface area contributed by atoms with Gasteiger partial charge in [-0.15, -0.1) is 0 Å². The van der Waals surface area contributed by atoms with Gasteiger partial charge >= 0.3 is 0 Å². The lowest BCUT2D eigenvalue weighted by Gasteiger charge is -2.17. The van der Waals surface area contributed by atoms with Crippen LogP contribution in [-0.4, -0.2) is 25.8 Å². The number of nitrogens with one attached hydrogen (secondary N) is 2. The van der Waals surface area contributed by atoms with Crippen molar-refractivity contribution >= 4 is 34.5 Å². The normalized spacial score (nSPS) is 11.5. The van der Waals surface area contributed by atoms with Gasteiger partial charge in [-0.2, -0.15) is 0 Å². The van der Waals surface area contributed by atoms with Gasteiger partial charge in [0.15, 0.2) is 11.2 Å². The molecule has 7 nitrogen and oxygen atoms in total. The summed E-state index contributed by atoms with van der Waals surface area (Å²) >= 11 is 6.19. The fourth-order valence-corrected chi connectivity index (χ4v) is 3.45. The van der Waals surface area contributed by atoms with Crippen LogP contribution >= 0.6 is 11.6 Å². The van der Waals surface area contributed by atoms with E-state index in [1.807, 2.05) is 43.3 Å². The molecule has 4 aromatic rings. The van der Waals surface area contributed by atoms with Crippen molar-refractivity contribution in [2.24, 2.45) is 5.41 Å². The predicted octanol–water partition coefficient (Wildman–Crippen LogP) is 4.99. The number of rotatable bonds is 3. The van der Waals surface area contributed by atoms with E-state index in [9.17, 15) is 9.59 Å². The molecule has 0 aliphatic rings. The maximum Gasteiger partial charge on any atom is 0.230 e. The number of hydrogen-bond donors (Lipinski definition) is 2. The third-order valence-corrected chi connectivity index (χ3v) is 5.02. The Kier molecular flexibility index (Phi) is 5.52. The van der Waals surface area contributed by atoms with Gasteiger partial charge in [0.25, 0.3) is 0 Å². The van der Waals surface area contributed by atoms with Gasteiger partial charge in [-0.05, 0) is 19.1 Å². The second kappa shape index (κ2) is 8.16. The fourth-order valence-electron chi connectivity index (χ4n) is 3.20. The number of pyridine rings is 2. The molecule has 32 heavy (non-hydrogen) atoms. The molecule has 2 N–H and O–H groups in total. The van der Waals surface area contributed by atoms with Crippen molar-refractivity contribution in [3.05, 3.63) is 69.6 Å². The maximum absolute atomic E-state index is 12.9. The van der Waals surface area contributed by atoms with Gasteiger partial charge in [-0.3, -0.25) is 9.59 Å². The third-order valence-electron chi connectivity index (χ3n) is 4.83. The Balaban J connectivity index is 1.96. The van der Waals surface area contributed by atoms with Gasteiger partial charge in [-0.1, -0.05) is 62.7 Å². The number of benzene rings is 1. The van der Waals surface area contributed by atoms with Crippen LogP contribution in [0.15, 0.2) is 53.3 Å². The average Bonchev–Trinajstić information content (AvgIpc) is 2.72. The van der Waals surface area contributed by atoms with E-state index >= 15 is 0 Å². The second-order valence-electron chi connectivity index (χ2n) is 8.56. The largest absolute Gasteiger partial charge is 0.324 e. The zero-order chi connectivity index (χ0) is 23.0. The molecule has 0 atom stereocenters. The highest BCUT2D eigenvalue weighted by molar-refractivity contribution is 6.29. The number of hydrogen-bond acceptors (Lipinski definition) is 5. The van der Waals surface area contributed by atoms with Crippen LogP contribution in [0.4, 0.5) is 5.82 Å². The summed E-state index contributed by atoms with van der Waals surface area (Å²) in [5, 5.41) is 3.08. The number of aromatic amines is 1. The van der Waals surface area contributed by atoms with Gasteiger partial charge in [0.1, 0.15) is 11.0 Å². The minimum atomic E-state index is -0.616. The van der Waals surface area contributed by atoms with Crippen molar-refractivity contribution in [1.82, 2.24) is 19.9 Å². The number of carbonyl (C=O) groups is 1. The Bertz CT molecular complexity index is 1370. The van der Waals surface area contributed by atoms with Gasteiger partial charge in [-0.25, -0.2) is 15.0 Å². The quantitative estimate of drug-likeness (QED) is 0.431. The van der Waals surface area contributed by atoms with Crippen molar-refractivity contribution in [1.29, 1.82) is 0 Å². The van der Waals surface area contributed by atoms with E-state index in [4.69, 9.17) is 16.6 Å². The molecular formula is C24H22ClN5O2. The number of fused-ring (bicyclic) bond motifs is 1. The highest BCUT2D eigenvalue weighted by Gasteiger charge is 2.22. The smallest absolute Gasteiger partial charge is 0.230 e. The summed E-state index contributed by atoms with van der Waals surface area (Å²) in [6.07, 6.45) is 0. The Morgan fingerprint density at radius 2 is 1.66 bits per heavy atom. The maximum atomic E-state index is 12.9. The average molecular weight is 448 g/mol. The molecular weight excluding hydrogens is 426 g/mol. The molecule has 0 spiro atoms. The monoisotopic (exact) mass is 447 g/mol. The highest BCUT2D eigenvalue weighted by atomic mass is 35.5. The number of halogens is 1. The Morgan fingerprint density at radius 3 is 2.31 bits per heavy atom. The summed E-state index contributed by atoms with van der Waals surface area (Å²) in [7, 11) is 0. The number of anilines is 1. The van der Waals surface area contributed by atoms with Crippen LogP contribution in [0.2, 0.25) is 5.15 Å². The molecule has 1 amide bonds. The molecule has 162 valence electrons. The Morgan fingerprint density at radius 1 is 0.969 bits per heavy atom. The van der Waals surface area contributed by atoms with Crippen molar-refractivity contribution in [3.63, 3.8) is 0 Å². The molecule has 8 heteroatoms. The summed E-state index contributed by atoms with van der Waals surface area (Å²) in [5.74, 6) is 0.0496. The summed E-state index contributed by atoms with van der Waals surface area (Å²) in [4.78, 5) is 41.9. The van der Waals surface area contributed by atoms with E-state index in [1.165, 1.54) is 6.07 Å². The molecule has 0 unspecified atom stereocenters. The SMILES string of the molecule is Cc1cc(-c2nc3c(=O)cc(NC(=O)C(C)(C)C)[nH]c3nc2-c2ccccc2)cc(Cl)n1. The molecule has 0 fully saturated rings. The van der Waals surface area contributed by atoms with E-state index in [-0.39, 0.29) is 28.3 Å². The number of amides is 1. The zero-order valence-corrected chi connectivity index (χ0v) is 18.9. The van der Waals surface area contributed by atoms with Crippen molar-refractivity contribution in [2.75, 3.05) is 5.32 Å². The molecule has 0 aliphatic carbocycles. The first-order valence-electron chi connectivity index (χ1n) is 10.1. The molecule has 0 radical (unpaired) electrons. The summed E-state index contributed by atoms with van der Waals surface area (Å²) < 4.78 is 0. The lowest BCUT2D eigenvalue weighted by Crippen LogP contribution is -2.28. The van der Waals surface area contributed by atoms with Gasteiger partial charge in [0, 0.05) is 28.3 Å².